The zero-order valence-corrected chi connectivity index (χ0v) is 9.18. The van der Waals surface area contributed by atoms with Crippen LogP contribution in [0, 0.1) is 11.8 Å². The van der Waals surface area contributed by atoms with Crippen LogP contribution in [0.5, 0.6) is 0 Å². The monoisotopic (exact) mass is 207 g/mol. The second-order valence-corrected chi connectivity index (χ2v) is 4.08. The van der Waals surface area contributed by atoms with Crippen LogP contribution < -0.4 is 0 Å². The number of aryl methyl sites for hydroxylation is 1. The molecule has 1 rings (SSSR count). The lowest BCUT2D eigenvalue weighted by Gasteiger charge is -2.15. The number of nitrogens with zero attached hydrogens (tertiary/aromatic N) is 1. The predicted octanol–water partition coefficient (Wildman–Crippen LogP) is 2.37. The molecular formula is C12H17NO2. The Labute approximate surface area is 90.2 Å². The molecule has 1 atom stereocenters. The van der Waals surface area contributed by atoms with Gasteiger partial charge < -0.3 is 5.11 Å². The molecule has 0 fully saturated rings. The summed E-state index contributed by atoms with van der Waals surface area (Å²) in [6.45, 7) is 3.90. The third kappa shape index (κ3) is 3.70. The van der Waals surface area contributed by atoms with Crippen molar-refractivity contribution in [3.63, 3.8) is 0 Å². The van der Waals surface area contributed by atoms with Crippen molar-refractivity contribution in [1.29, 1.82) is 0 Å². The second-order valence-electron chi connectivity index (χ2n) is 4.08. The van der Waals surface area contributed by atoms with E-state index in [1.165, 1.54) is 0 Å². The van der Waals surface area contributed by atoms with Crippen molar-refractivity contribution in [1.82, 2.24) is 4.98 Å². The maximum Gasteiger partial charge on any atom is 0.306 e. The van der Waals surface area contributed by atoms with Crippen LogP contribution in [0.2, 0.25) is 0 Å². The van der Waals surface area contributed by atoms with E-state index in [1.807, 2.05) is 26.0 Å². The number of aromatic nitrogens is 1. The first-order valence-electron chi connectivity index (χ1n) is 5.23. The molecule has 0 aliphatic carbocycles. The highest BCUT2D eigenvalue weighted by molar-refractivity contribution is 5.70. The van der Waals surface area contributed by atoms with Crippen molar-refractivity contribution in [2.45, 2.75) is 26.7 Å². The van der Waals surface area contributed by atoms with Gasteiger partial charge in [0.05, 0.1) is 5.92 Å². The molecule has 0 spiro atoms. The molecule has 1 aromatic heterocycles. The molecule has 0 radical (unpaired) electrons. The van der Waals surface area contributed by atoms with Crippen LogP contribution in [-0.2, 0) is 11.2 Å². The van der Waals surface area contributed by atoms with Gasteiger partial charge in [0.1, 0.15) is 0 Å². The maximum absolute atomic E-state index is 10.9. The summed E-state index contributed by atoms with van der Waals surface area (Å²) < 4.78 is 0. The van der Waals surface area contributed by atoms with Crippen LogP contribution in [0.1, 0.15) is 25.8 Å². The minimum absolute atomic E-state index is 0.185. The average molecular weight is 207 g/mol. The highest BCUT2D eigenvalue weighted by Crippen LogP contribution is 2.18. The molecule has 0 saturated heterocycles. The van der Waals surface area contributed by atoms with Crippen LogP contribution in [0.4, 0.5) is 0 Å². The van der Waals surface area contributed by atoms with Gasteiger partial charge >= 0.3 is 5.97 Å². The molecule has 0 bridgehead atoms. The number of carbonyl (C=O) groups is 1. The molecule has 1 aromatic rings. The number of carboxylic acids is 1. The molecule has 3 nitrogen and oxygen atoms in total. The van der Waals surface area contributed by atoms with Gasteiger partial charge in [-0.05, 0) is 36.5 Å². The summed E-state index contributed by atoms with van der Waals surface area (Å²) in [5.74, 6) is -0.762. The van der Waals surface area contributed by atoms with Gasteiger partial charge in [0.15, 0.2) is 0 Å². The van der Waals surface area contributed by atoms with E-state index in [4.69, 9.17) is 5.11 Å². The lowest BCUT2D eigenvalue weighted by molar-refractivity contribution is -0.143. The molecule has 1 N–H and O–H groups in total. The zero-order chi connectivity index (χ0) is 11.3. The van der Waals surface area contributed by atoms with Crippen molar-refractivity contribution < 1.29 is 9.90 Å². The summed E-state index contributed by atoms with van der Waals surface area (Å²) in [4.78, 5) is 14.9. The van der Waals surface area contributed by atoms with Gasteiger partial charge in [-0.25, -0.2) is 0 Å². The lowest BCUT2D eigenvalue weighted by Crippen LogP contribution is -2.20. The highest BCUT2D eigenvalue weighted by atomic mass is 16.4. The van der Waals surface area contributed by atoms with E-state index in [2.05, 4.69) is 4.98 Å². The summed E-state index contributed by atoms with van der Waals surface area (Å²) in [5.41, 5.74) is 1.15. The van der Waals surface area contributed by atoms with Crippen LogP contribution in [-0.4, -0.2) is 16.1 Å². The second kappa shape index (κ2) is 5.49. The quantitative estimate of drug-likeness (QED) is 0.806. The molecule has 3 heteroatoms. The Balaban J connectivity index is 2.51. The largest absolute Gasteiger partial charge is 0.481 e. The smallest absolute Gasteiger partial charge is 0.306 e. The van der Waals surface area contributed by atoms with Crippen molar-refractivity contribution in [3.8, 4) is 0 Å². The topological polar surface area (TPSA) is 50.2 Å². The number of pyridine rings is 1. The summed E-state index contributed by atoms with van der Waals surface area (Å²) in [5, 5.41) is 9.01. The Hall–Kier alpha value is -1.38. The van der Waals surface area contributed by atoms with Gasteiger partial charge in [-0.1, -0.05) is 13.8 Å². The van der Waals surface area contributed by atoms with Gasteiger partial charge in [-0.15, -0.1) is 0 Å². The Morgan fingerprint density at radius 2 is 2.00 bits per heavy atom. The first-order valence-corrected chi connectivity index (χ1v) is 5.23. The maximum atomic E-state index is 10.9. The minimum Gasteiger partial charge on any atom is -0.481 e. The Kier molecular flexibility index (Phi) is 4.28. The van der Waals surface area contributed by atoms with Gasteiger partial charge in [-0.3, -0.25) is 9.78 Å². The summed E-state index contributed by atoms with van der Waals surface area (Å²) >= 11 is 0. The van der Waals surface area contributed by atoms with Gasteiger partial charge in [0.25, 0.3) is 0 Å². The number of rotatable bonds is 5. The molecule has 1 unspecified atom stereocenters. The zero-order valence-electron chi connectivity index (χ0n) is 9.18. The first-order chi connectivity index (χ1) is 7.11. The van der Waals surface area contributed by atoms with Crippen LogP contribution >= 0.6 is 0 Å². The van der Waals surface area contributed by atoms with Gasteiger partial charge in [-0.2, -0.15) is 0 Å². The normalized spacial score (nSPS) is 12.7. The van der Waals surface area contributed by atoms with E-state index < -0.39 is 5.97 Å². The standard InChI is InChI=1S/C12H17NO2/c1-9(2)11(12(14)15)4-3-10-5-7-13-8-6-10/h5-9,11H,3-4H2,1-2H3,(H,14,15). The van der Waals surface area contributed by atoms with Gasteiger partial charge in [0, 0.05) is 12.4 Å². The minimum atomic E-state index is -0.695. The first kappa shape index (κ1) is 11.7. The summed E-state index contributed by atoms with van der Waals surface area (Å²) in [6.07, 6.45) is 4.97. The fourth-order valence-corrected chi connectivity index (χ4v) is 1.61. The van der Waals surface area contributed by atoms with Crippen molar-refractivity contribution >= 4 is 5.97 Å². The van der Waals surface area contributed by atoms with Crippen LogP contribution in [0.25, 0.3) is 0 Å². The van der Waals surface area contributed by atoms with E-state index in [-0.39, 0.29) is 11.8 Å². The third-order valence-electron chi connectivity index (χ3n) is 2.62. The van der Waals surface area contributed by atoms with Gasteiger partial charge in [0.2, 0.25) is 0 Å². The van der Waals surface area contributed by atoms with E-state index in [0.29, 0.717) is 6.42 Å². The lowest BCUT2D eigenvalue weighted by atomic mass is 9.90. The van der Waals surface area contributed by atoms with Crippen molar-refractivity contribution in [2.75, 3.05) is 0 Å². The number of aliphatic carboxylic acids is 1. The molecule has 0 aromatic carbocycles. The fraction of sp³-hybridized carbons (Fsp3) is 0.500. The van der Waals surface area contributed by atoms with Crippen LogP contribution in [0.3, 0.4) is 0 Å². The Bertz CT molecular complexity index is 309. The number of hydrogen-bond acceptors (Lipinski definition) is 2. The molecule has 0 aliphatic heterocycles. The molecule has 82 valence electrons. The third-order valence-corrected chi connectivity index (χ3v) is 2.62. The van der Waals surface area contributed by atoms with E-state index in [1.54, 1.807) is 12.4 Å². The van der Waals surface area contributed by atoms with Crippen LogP contribution in [0.15, 0.2) is 24.5 Å². The predicted molar refractivity (Wildman–Crippen MR) is 58.5 cm³/mol. The fourth-order valence-electron chi connectivity index (χ4n) is 1.61. The van der Waals surface area contributed by atoms with Crippen molar-refractivity contribution in [2.24, 2.45) is 11.8 Å². The Morgan fingerprint density at radius 1 is 1.40 bits per heavy atom. The molecule has 0 aliphatic rings. The Morgan fingerprint density at radius 3 is 2.47 bits per heavy atom. The highest BCUT2D eigenvalue weighted by Gasteiger charge is 2.20. The summed E-state index contributed by atoms with van der Waals surface area (Å²) in [6, 6.07) is 3.86. The molecule has 15 heavy (non-hydrogen) atoms. The van der Waals surface area contributed by atoms with E-state index in [9.17, 15) is 4.79 Å². The molecule has 0 saturated carbocycles. The molecular weight excluding hydrogens is 190 g/mol. The molecule has 1 heterocycles. The van der Waals surface area contributed by atoms with Crippen molar-refractivity contribution in [3.05, 3.63) is 30.1 Å². The summed E-state index contributed by atoms with van der Waals surface area (Å²) in [7, 11) is 0. The number of hydrogen-bond donors (Lipinski definition) is 1. The average Bonchev–Trinajstić information content (AvgIpc) is 2.18. The molecule has 0 amide bonds. The van der Waals surface area contributed by atoms with E-state index >= 15 is 0 Å². The van der Waals surface area contributed by atoms with E-state index in [0.717, 1.165) is 12.0 Å². The number of carboxylic acid groups (broad SMARTS) is 1. The SMILES string of the molecule is CC(C)C(CCc1ccncc1)C(=O)O.